The van der Waals surface area contributed by atoms with Gasteiger partial charge in [0.1, 0.15) is 5.75 Å². The molecular formula is C15H23N3O. The summed E-state index contributed by atoms with van der Waals surface area (Å²) in [6.45, 7) is 4.66. The Morgan fingerprint density at radius 3 is 2.53 bits per heavy atom. The van der Waals surface area contributed by atoms with E-state index in [4.69, 9.17) is 10.5 Å². The van der Waals surface area contributed by atoms with Crippen LogP contribution in [0.25, 0.3) is 0 Å². The number of ether oxygens (including phenoxy) is 1. The van der Waals surface area contributed by atoms with Gasteiger partial charge in [0.2, 0.25) is 0 Å². The van der Waals surface area contributed by atoms with Crippen LogP contribution in [0.1, 0.15) is 32.3 Å². The second-order valence-corrected chi connectivity index (χ2v) is 5.33. The van der Waals surface area contributed by atoms with Crippen LogP contribution >= 0.6 is 0 Å². The van der Waals surface area contributed by atoms with Crippen molar-refractivity contribution in [3.05, 3.63) is 29.8 Å². The molecule has 19 heavy (non-hydrogen) atoms. The van der Waals surface area contributed by atoms with Gasteiger partial charge in [-0.2, -0.15) is 0 Å². The number of nitrogens with zero attached hydrogens (tertiary/aromatic N) is 2. The number of aliphatic imine (C=N–C) groups is 1. The van der Waals surface area contributed by atoms with Crippen molar-refractivity contribution in [3.63, 3.8) is 0 Å². The van der Waals surface area contributed by atoms with Gasteiger partial charge in [-0.15, -0.1) is 0 Å². The Hall–Kier alpha value is -1.71. The zero-order chi connectivity index (χ0) is 13.8. The van der Waals surface area contributed by atoms with E-state index in [-0.39, 0.29) is 6.10 Å². The maximum Gasteiger partial charge on any atom is 0.191 e. The highest BCUT2D eigenvalue weighted by atomic mass is 16.5. The Morgan fingerprint density at radius 1 is 1.37 bits per heavy atom. The Bertz CT molecular complexity index is 435. The number of benzene rings is 1. The molecule has 0 unspecified atom stereocenters. The predicted molar refractivity (Wildman–Crippen MR) is 78.3 cm³/mol. The number of hydrogen-bond acceptors (Lipinski definition) is 2. The molecule has 1 aliphatic rings. The summed E-state index contributed by atoms with van der Waals surface area (Å²) in [4.78, 5) is 6.49. The Labute approximate surface area is 115 Å². The maximum absolute atomic E-state index is 5.95. The van der Waals surface area contributed by atoms with Crippen LogP contribution in [0.15, 0.2) is 29.3 Å². The standard InChI is InChI=1S/C15H23N3O/c1-11(2)19-14-8-4-12(5-9-14)10-17-15(16)18(3)13-6-7-13/h4-5,8-9,11,13H,6-7,10H2,1-3H3,(H2,16,17). The van der Waals surface area contributed by atoms with Crippen molar-refractivity contribution in [1.82, 2.24) is 4.90 Å². The summed E-state index contributed by atoms with van der Waals surface area (Å²) in [5.41, 5.74) is 7.09. The van der Waals surface area contributed by atoms with E-state index in [9.17, 15) is 0 Å². The maximum atomic E-state index is 5.95. The first-order valence-electron chi connectivity index (χ1n) is 6.84. The van der Waals surface area contributed by atoms with E-state index in [0.29, 0.717) is 18.5 Å². The molecule has 0 atom stereocenters. The third kappa shape index (κ3) is 4.16. The van der Waals surface area contributed by atoms with Gasteiger partial charge in [-0.3, -0.25) is 0 Å². The molecule has 0 saturated heterocycles. The van der Waals surface area contributed by atoms with Gasteiger partial charge in [0.15, 0.2) is 5.96 Å². The summed E-state index contributed by atoms with van der Waals surface area (Å²) >= 11 is 0. The lowest BCUT2D eigenvalue weighted by atomic mass is 10.2. The van der Waals surface area contributed by atoms with Crippen LogP contribution in [0.2, 0.25) is 0 Å². The third-order valence-corrected chi connectivity index (χ3v) is 3.17. The lowest BCUT2D eigenvalue weighted by molar-refractivity contribution is 0.242. The zero-order valence-electron chi connectivity index (χ0n) is 12.0. The Balaban J connectivity index is 1.90. The summed E-state index contributed by atoms with van der Waals surface area (Å²) in [5.74, 6) is 1.52. The number of rotatable bonds is 5. The molecular weight excluding hydrogens is 238 g/mol. The lowest BCUT2D eigenvalue weighted by Crippen LogP contribution is -2.35. The van der Waals surface area contributed by atoms with Gasteiger partial charge >= 0.3 is 0 Å². The first-order chi connectivity index (χ1) is 9.06. The smallest absolute Gasteiger partial charge is 0.191 e. The fourth-order valence-electron chi connectivity index (χ4n) is 1.88. The van der Waals surface area contributed by atoms with E-state index in [1.54, 1.807) is 0 Å². The largest absolute Gasteiger partial charge is 0.491 e. The van der Waals surface area contributed by atoms with Crippen molar-refractivity contribution in [1.29, 1.82) is 0 Å². The van der Waals surface area contributed by atoms with Crippen molar-refractivity contribution in [2.45, 2.75) is 45.4 Å². The average Bonchev–Trinajstić information content (AvgIpc) is 3.20. The van der Waals surface area contributed by atoms with Crippen molar-refractivity contribution in [2.75, 3.05) is 7.05 Å². The van der Waals surface area contributed by atoms with Crippen molar-refractivity contribution in [2.24, 2.45) is 10.7 Å². The van der Waals surface area contributed by atoms with Crippen molar-refractivity contribution >= 4 is 5.96 Å². The highest BCUT2D eigenvalue weighted by molar-refractivity contribution is 5.78. The number of guanidine groups is 1. The lowest BCUT2D eigenvalue weighted by Gasteiger charge is -2.16. The van der Waals surface area contributed by atoms with Crippen molar-refractivity contribution in [3.8, 4) is 5.75 Å². The second kappa shape index (κ2) is 5.95. The van der Waals surface area contributed by atoms with Crippen LogP contribution in [0, 0.1) is 0 Å². The van der Waals surface area contributed by atoms with E-state index >= 15 is 0 Å². The van der Waals surface area contributed by atoms with Gasteiger partial charge in [-0.25, -0.2) is 4.99 Å². The molecule has 1 aromatic rings. The average molecular weight is 261 g/mol. The predicted octanol–water partition coefficient (Wildman–Crippen LogP) is 2.38. The monoisotopic (exact) mass is 261 g/mol. The zero-order valence-corrected chi connectivity index (χ0v) is 12.0. The van der Waals surface area contributed by atoms with Gasteiger partial charge in [0.25, 0.3) is 0 Å². The quantitative estimate of drug-likeness (QED) is 0.654. The molecule has 0 bridgehead atoms. The first-order valence-corrected chi connectivity index (χ1v) is 6.84. The van der Waals surface area contributed by atoms with Crippen LogP contribution in [0.5, 0.6) is 5.75 Å². The molecule has 104 valence electrons. The molecule has 2 rings (SSSR count). The summed E-state index contributed by atoms with van der Waals surface area (Å²) in [6, 6.07) is 8.62. The molecule has 1 aromatic carbocycles. The highest BCUT2D eigenvalue weighted by Crippen LogP contribution is 2.25. The van der Waals surface area contributed by atoms with Gasteiger partial charge in [-0.1, -0.05) is 12.1 Å². The van der Waals surface area contributed by atoms with Gasteiger partial charge in [-0.05, 0) is 44.4 Å². The Kier molecular flexibility index (Phi) is 4.30. The van der Waals surface area contributed by atoms with E-state index < -0.39 is 0 Å². The second-order valence-electron chi connectivity index (χ2n) is 5.33. The SMILES string of the molecule is CC(C)Oc1ccc(CN=C(N)N(C)C2CC2)cc1. The van der Waals surface area contributed by atoms with Crippen LogP contribution in [-0.4, -0.2) is 30.1 Å². The highest BCUT2D eigenvalue weighted by Gasteiger charge is 2.27. The molecule has 1 saturated carbocycles. The summed E-state index contributed by atoms with van der Waals surface area (Å²) in [6.07, 6.45) is 2.66. The summed E-state index contributed by atoms with van der Waals surface area (Å²) < 4.78 is 5.60. The van der Waals surface area contributed by atoms with E-state index in [2.05, 4.69) is 9.89 Å². The molecule has 1 aliphatic carbocycles. The van der Waals surface area contributed by atoms with Crippen LogP contribution in [-0.2, 0) is 6.54 Å². The number of hydrogen-bond donors (Lipinski definition) is 1. The fraction of sp³-hybridized carbons (Fsp3) is 0.533. The topological polar surface area (TPSA) is 50.9 Å². The van der Waals surface area contributed by atoms with Gasteiger partial charge in [0, 0.05) is 13.1 Å². The van der Waals surface area contributed by atoms with Gasteiger partial charge in [0.05, 0.1) is 12.6 Å². The molecule has 0 aliphatic heterocycles. The Morgan fingerprint density at radius 2 is 2.00 bits per heavy atom. The summed E-state index contributed by atoms with van der Waals surface area (Å²) in [5, 5.41) is 0. The minimum Gasteiger partial charge on any atom is -0.491 e. The van der Waals surface area contributed by atoms with Gasteiger partial charge < -0.3 is 15.4 Å². The van der Waals surface area contributed by atoms with Crippen LogP contribution in [0.3, 0.4) is 0 Å². The molecule has 0 heterocycles. The fourth-order valence-corrected chi connectivity index (χ4v) is 1.88. The molecule has 4 heteroatoms. The third-order valence-electron chi connectivity index (χ3n) is 3.17. The number of nitrogens with two attached hydrogens (primary N) is 1. The minimum atomic E-state index is 0.201. The molecule has 2 N–H and O–H groups in total. The minimum absolute atomic E-state index is 0.201. The summed E-state index contributed by atoms with van der Waals surface area (Å²) in [7, 11) is 2.01. The van der Waals surface area contributed by atoms with Crippen LogP contribution in [0.4, 0.5) is 0 Å². The van der Waals surface area contributed by atoms with E-state index in [0.717, 1.165) is 11.3 Å². The first kappa shape index (κ1) is 13.7. The van der Waals surface area contributed by atoms with Crippen LogP contribution < -0.4 is 10.5 Å². The molecule has 4 nitrogen and oxygen atoms in total. The molecule has 0 spiro atoms. The van der Waals surface area contributed by atoms with Crippen molar-refractivity contribution < 1.29 is 4.74 Å². The van der Waals surface area contributed by atoms with E-state index in [1.165, 1.54) is 12.8 Å². The molecule has 0 radical (unpaired) electrons. The van der Waals surface area contributed by atoms with E-state index in [1.807, 2.05) is 45.2 Å². The molecule has 1 fully saturated rings. The molecule has 0 aromatic heterocycles. The normalized spacial score (nSPS) is 15.7. The molecule has 0 amide bonds.